The maximum Gasteiger partial charge on any atom is 0.417 e. The molecule has 0 spiro atoms. The van der Waals surface area contributed by atoms with Crippen molar-refractivity contribution in [2.75, 3.05) is 38.8 Å². The van der Waals surface area contributed by atoms with Crippen molar-refractivity contribution in [2.24, 2.45) is 0 Å². The van der Waals surface area contributed by atoms with Gasteiger partial charge in [0.2, 0.25) is 5.88 Å². The van der Waals surface area contributed by atoms with Gasteiger partial charge in [-0.05, 0) is 71.9 Å². The van der Waals surface area contributed by atoms with E-state index in [0.29, 0.717) is 30.5 Å². The summed E-state index contributed by atoms with van der Waals surface area (Å²) in [5, 5.41) is 0. The Hall–Kier alpha value is -1.97. The lowest BCUT2D eigenvalue weighted by atomic mass is 10.0. The molecule has 1 fully saturated rings. The molecule has 1 atom stereocenters. The topological polar surface area (TPSA) is 37.8 Å². The van der Waals surface area contributed by atoms with Crippen molar-refractivity contribution >= 4 is 17.6 Å². The highest BCUT2D eigenvalue weighted by Gasteiger charge is 2.35. The van der Waals surface area contributed by atoms with Crippen LogP contribution in [0.5, 0.6) is 5.88 Å². The standard InChI is InChI=1S/C23H30F3N3O2S/c1-15-14-30-10-9-29(15)16-11-20(27-21(12-16)31-22(2,3)4)18-8-7-17(32-28(5)6)13-19(18)23(24,25)26/h7-8,11-13,15H,9-10,14H2,1-6H3/t15-/m1/s1. The number of morpholine rings is 1. The first-order chi connectivity index (χ1) is 14.8. The normalized spacial score (nSPS) is 17.7. The Labute approximate surface area is 192 Å². The fourth-order valence-electron chi connectivity index (χ4n) is 3.52. The van der Waals surface area contributed by atoms with Gasteiger partial charge in [0.05, 0.1) is 24.5 Å². The van der Waals surface area contributed by atoms with E-state index in [-0.39, 0.29) is 17.3 Å². The number of hydrogen-bond donors (Lipinski definition) is 0. The molecule has 0 radical (unpaired) electrons. The number of aromatic nitrogens is 1. The van der Waals surface area contributed by atoms with Crippen molar-refractivity contribution < 1.29 is 22.6 Å². The molecule has 0 bridgehead atoms. The van der Waals surface area contributed by atoms with Gasteiger partial charge in [-0.2, -0.15) is 13.2 Å². The highest BCUT2D eigenvalue weighted by Crippen LogP contribution is 2.41. The molecule has 0 aliphatic carbocycles. The Morgan fingerprint density at radius 3 is 2.47 bits per heavy atom. The van der Waals surface area contributed by atoms with Crippen molar-refractivity contribution in [1.82, 2.24) is 9.29 Å². The second-order valence-corrected chi connectivity index (χ2v) is 10.4. The quantitative estimate of drug-likeness (QED) is 0.520. The highest BCUT2D eigenvalue weighted by molar-refractivity contribution is 7.97. The number of pyridine rings is 1. The van der Waals surface area contributed by atoms with Crippen LogP contribution in [0.2, 0.25) is 0 Å². The molecule has 3 rings (SSSR count). The van der Waals surface area contributed by atoms with E-state index in [2.05, 4.69) is 9.88 Å². The second-order valence-electron chi connectivity index (χ2n) is 8.99. The monoisotopic (exact) mass is 469 g/mol. The van der Waals surface area contributed by atoms with E-state index in [4.69, 9.17) is 9.47 Å². The number of rotatable bonds is 5. The fourth-order valence-corrected chi connectivity index (χ4v) is 4.24. The highest BCUT2D eigenvalue weighted by atomic mass is 32.2. The van der Waals surface area contributed by atoms with Gasteiger partial charge >= 0.3 is 6.18 Å². The van der Waals surface area contributed by atoms with Crippen LogP contribution in [0.15, 0.2) is 35.2 Å². The summed E-state index contributed by atoms with van der Waals surface area (Å²) in [6.07, 6.45) is -4.52. The molecule has 1 saturated heterocycles. The molecule has 2 heterocycles. The van der Waals surface area contributed by atoms with Crippen LogP contribution in [0.25, 0.3) is 11.3 Å². The smallest absolute Gasteiger partial charge is 0.417 e. The second kappa shape index (κ2) is 9.49. The molecule has 0 amide bonds. The molecule has 0 unspecified atom stereocenters. The third kappa shape index (κ3) is 6.30. The van der Waals surface area contributed by atoms with Crippen molar-refractivity contribution in [3.63, 3.8) is 0 Å². The van der Waals surface area contributed by atoms with Gasteiger partial charge in [-0.3, -0.25) is 4.31 Å². The van der Waals surface area contributed by atoms with Gasteiger partial charge in [0.25, 0.3) is 0 Å². The maximum atomic E-state index is 14.0. The maximum absolute atomic E-state index is 14.0. The molecule has 1 aliphatic heterocycles. The Morgan fingerprint density at radius 2 is 1.88 bits per heavy atom. The van der Waals surface area contributed by atoms with Crippen LogP contribution in [-0.2, 0) is 10.9 Å². The molecular formula is C23H30F3N3O2S. The zero-order chi connectivity index (χ0) is 23.7. The zero-order valence-electron chi connectivity index (χ0n) is 19.3. The third-order valence-electron chi connectivity index (χ3n) is 4.76. The predicted molar refractivity (Wildman–Crippen MR) is 122 cm³/mol. The van der Waals surface area contributed by atoms with Crippen LogP contribution in [-0.4, -0.2) is 54.8 Å². The number of ether oxygens (including phenoxy) is 2. The van der Waals surface area contributed by atoms with Gasteiger partial charge in [-0.15, -0.1) is 0 Å². The van der Waals surface area contributed by atoms with E-state index in [9.17, 15) is 13.2 Å². The number of benzene rings is 1. The first-order valence-corrected chi connectivity index (χ1v) is 11.2. The Morgan fingerprint density at radius 1 is 1.16 bits per heavy atom. The lowest BCUT2D eigenvalue weighted by Gasteiger charge is -2.35. The molecule has 9 heteroatoms. The van der Waals surface area contributed by atoms with E-state index < -0.39 is 17.3 Å². The summed E-state index contributed by atoms with van der Waals surface area (Å²) in [6, 6.07) is 7.94. The number of anilines is 1. The molecule has 0 N–H and O–H groups in total. The van der Waals surface area contributed by atoms with E-state index >= 15 is 0 Å². The summed E-state index contributed by atoms with van der Waals surface area (Å²) in [5.41, 5.74) is -0.231. The molecule has 2 aromatic rings. The lowest BCUT2D eigenvalue weighted by molar-refractivity contribution is -0.137. The molecule has 176 valence electrons. The predicted octanol–water partition coefficient (Wildman–Crippen LogP) is 5.74. The van der Waals surface area contributed by atoms with Crippen LogP contribution in [0, 0.1) is 0 Å². The van der Waals surface area contributed by atoms with Crippen molar-refractivity contribution in [3.8, 4) is 17.1 Å². The number of nitrogens with zero attached hydrogens (tertiary/aromatic N) is 3. The summed E-state index contributed by atoms with van der Waals surface area (Å²) >= 11 is 1.24. The molecule has 1 aliphatic rings. The minimum Gasteiger partial charge on any atom is -0.472 e. The third-order valence-corrected chi connectivity index (χ3v) is 5.59. The molecule has 5 nitrogen and oxygen atoms in total. The molecule has 1 aromatic carbocycles. The van der Waals surface area contributed by atoms with Crippen molar-refractivity contribution in [1.29, 1.82) is 0 Å². The molecule has 1 aromatic heterocycles. The average molecular weight is 470 g/mol. The molecule has 0 saturated carbocycles. The minimum absolute atomic E-state index is 0.0297. The van der Waals surface area contributed by atoms with Gasteiger partial charge in [-0.1, -0.05) is 6.07 Å². The van der Waals surface area contributed by atoms with E-state index in [1.165, 1.54) is 24.1 Å². The SMILES string of the molecule is C[C@@H]1COCCN1c1cc(OC(C)(C)C)nc(-c2ccc(SN(C)C)cc2C(F)(F)F)c1. The van der Waals surface area contributed by atoms with Gasteiger partial charge < -0.3 is 14.4 Å². The summed E-state index contributed by atoms with van der Waals surface area (Å²) in [7, 11) is 3.58. The summed E-state index contributed by atoms with van der Waals surface area (Å²) < 4.78 is 55.3. The van der Waals surface area contributed by atoms with E-state index in [1.807, 2.05) is 27.7 Å². The first-order valence-electron chi connectivity index (χ1n) is 10.5. The fraction of sp³-hybridized carbons (Fsp3) is 0.522. The van der Waals surface area contributed by atoms with E-state index in [0.717, 1.165) is 5.69 Å². The summed E-state index contributed by atoms with van der Waals surface area (Å²) in [5.74, 6) is 0.295. The largest absolute Gasteiger partial charge is 0.472 e. The van der Waals surface area contributed by atoms with Crippen molar-refractivity contribution in [2.45, 2.75) is 50.4 Å². The minimum atomic E-state index is -4.52. The average Bonchev–Trinajstić information content (AvgIpc) is 2.65. The first kappa shape index (κ1) is 24.7. The number of alkyl halides is 3. The van der Waals surface area contributed by atoms with Crippen LogP contribution < -0.4 is 9.64 Å². The van der Waals surface area contributed by atoms with Crippen LogP contribution >= 0.6 is 11.9 Å². The van der Waals surface area contributed by atoms with Crippen LogP contribution in [0.4, 0.5) is 18.9 Å². The Kier molecular flexibility index (Phi) is 7.31. The lowest BCUT2D eigenvalue weighted by Crippen LogP contribution is -2.43. The molecule has 32 heavy (non-hydrogen) atoms. The van der Waals surface area contributed by atoms with Gasteiger partial charge in [0.15, 0.2) is 0 Å². The number of halogens is 3. The van der Waals surface area contributed by atoms with Crippen LogP contribution in [0.1, 0.15) is 33.3 Å². The Balaban J connectivity index is 2.15. The van der Waals surface area contributed by atoms with Gasteiger partial charge in [0.1, 0.15) is 5.60 Å². The Bertz CT molecular complexity index is 945. The van der Waals surface area contributed by atoms with Crippen LogP contribution in [0.3, 0.4) is 0 Å². The zero-order valence-corrected chi connectivity index (χ0v) is 20.1. The van der Waals surface area contributed by atoms with Gasteiger partial charge in [-0.25, -0.2) is 4.98 Å². The molecular weight excluding hydrogens is 439 g/mol. The summed E-state index contributed by atoms with van der Waals surface area (Å²) in [4.78, 5) is 7.10. The van der Waals surface area contributed by atoms with Gasteiger partial charge in [0, 0.05) is 34.8 Å². The van der Waals surface area contributed by atoms with Crippen molar-refractivity contribution in [3.05, 3.63) is 35.9 Å². The number of hydrogen-bond acceptors (Lipinski definition) is 6. The summed E-state index contributed by atoms with van der Waals surface area (Å²) in [6.45, 7) is 9.42. The van der Waals surface area contributed by atoms with E-state index in [1.54, 1.807) is 36.6 Å².